The van der Waals surface area contributed by atoms with E-state index in [9.17, 15) is 9.59 Å². The minimum absolute atomic E-state index is 0.146. The first-order chi connectivity index (χ1) is 5.52. The molecule has 1 aliphatic rings. The largest absolute Gasteiger partial charge is 0.477 e. The van der Waals surface area contributed by atoms with Crippen molar-refractivity contribution in [3.63, 3.8) is 0 Å². The third-order valence-electron chi connectivity index (χ3n) is 1.65. The first-order valence-corrected chi connectivity index (χ1v) is 3.54. The van der Waals surface area contributed by atoms with Gasteiger partial charge < -0.3 is 5.11 Å². The summed E-state index contributed by atoms with van der Waals surface area (Å²) in [6.07, 6.45) is 3.06. The van der Waals surface area contributed by atoms with Gasteiger partial charge in [0.25, 0.3) is 0 Å². The number of nitrogens with one attached hydrogen (secondary N) is 1. The topological polar surface area (TPSA) is 58.8 Å². The van der Waals surface area contributed by atoms with Crippen molar-refractivity contribution in [2.45, 2.75) is 6.92 Å². The monoisotopic (exact) mass is 168 g/mol. The lowest BCUT2D eigenvalue weighted by Gasteiger charge is -2.10. The lowest BCUT2D eigenvalue weighted by Crippen LogP contribution is -3.00. The Labute approximate surface area is 69.8 Å². The minimum atomic E-state index is -1.16. The zero-order chi connectivity index (χ0) is 9.30. The molecule has 2 N–H and O–H groups in total. The maximum absolute atomic E-state index is 11.2. The van der Waals surface area contributed by atoms with E-state index in [4.69, 9.17) is 5.11 Å². The highest BCUT2D eigenvalue weighted by atomic mass is 16.4. The molecule has 4 heteroatoms. The molecule has 0 aromatic rings. The Morgan fingerprint density at radius 1 is 1.50 bits per heavy atom. The van der Waals surface area contributed by atoms with Crippen molar-refractivity contribution < 1.29 is 19.6 Å². The molecule has 0 bridgehead atoms. The van der Waals surface area contributed by atoms with E-state index in [0.29, 0.717) is 5.57 Å². The Balaban J connectivity index is 3.04. The third-order valence-corrected chi connectivity index (χ3v) is 1.65. The normalized spacial score (nSPS) is 23.2. The lowest BCUT2D eigenvalue weighted by molar-refractivity contribution is -0.767. The number of allylic oxidation sites excluding steroid dienone is 1. The van der Waals surface area contributed by atoms with Crippen LogP contribution in [0.1, 0.15) is 6.92 Å². The van der Waals surface area contributed by atoms with Gasteiger partial charge in [-0.25, -0.2) is 4.79 Å². The molecule has 1 unspecified atom stereocenters. The summed E-state index contributed by atoms with van der Waals surface area (Å²) >= 11 is 0. The Hall–Kier alpha value is -1.42. The Morgan fingerprint density at radius 2 is 2.08 bits per heavy atom. The molecule has 0 amide bonds. The smallest absolute Gasteiger partial charge is 0.345 e. The molecule has 1 aliphatic heterocycles. The van der Waals surface area contributed by atoms with Crippen LogP contribution in [0.15, 0.2) is 23.5 Å². The molecule has 4 nitrogen and oxygen atoms in total. The number of Topliss-reactive ketones (excluding diaryl/α,β-unsaturated/α-hetero) is 1. The highest BCUT2D eigenvalue weighted by Crippen LogP contribution is 2.05. The maximum atomic E-state index is 11.2. The predicted octanol–water partition coefficient (Wildman–Crippen LogP) is -1.04. The summed E-state index contributed by atoms with van der Waals surface area (Å²) in [6.45, 7) is 1.61. The second-order valence-electron chi connectivity index (χ2n) is 2.76. The number of carboxylic acids is 1. The molecule has 1 heterocycles. The van der Waals surface area contributed by atoms with Crippen LogP contribution in [0.4, 0.5) is 0 Å². The number of carbonyl (C=O) groups is 2. The number of hydrogen-bond acceptors (Lipinski definition) is 2. The van der Waals surface area contributed by atoms with Gasteiger partial charge in [-0.3, -0.25) is 9.69 Å². The Kier molecular flexibility index (Phi) is 2.10. The van der Waals surface area contributed by atoms with Crippen LogP contribution >= 0.6 is 0 Å². The van der Waals surface area contributed by atoms with Crippen molar-refractivity contribution in [1.29, 1.82) is 0 Å². The summed E-state index contributed by atoms with van der Waals surface area (Å²) < 4.78 is 0. The number of rotatable bonds is 1. The molecule has 0 aromatic heterocycles. The number of carboxylic acid groups (broad SMARTS) is 1. The molecule has 1 rings (SSSR count). The fraction of sp³-hybridized carbons (Fsp3) is 0.250. The highest BCUT2D eigenvalue weighted by Gasteiger charge is 2.25. The second kappa shape index (κ2) is 2.91. The van der Waals surface area contributed by atoms with Crippen LogP contribution in [-0.2, 0) is 9.59 Å². The van der Waals surface area contributed by atoms with Crippen molar-refractivity contribution in [3.05, 3.63) is 23.5 Å². The van der Waals surface area contributed by atoms with E-state index in [2.05, 4.69) is 0 Å². The Bertz CT molecular complexity index is 301. The number of carbonyl (C=O) groups excluding carboxylic acids is 1. The number of aliphatic carboxylic acids is 1. The van der Waals surface area contributed by atoms with Crippen LogP contribution in [-0.4, -0.2) is 23.9 Å². The SMILES string of the molecule is CC1=C[NH+](C)C=C(C(=O)O)C1=O. The van der Waals surface area contributed by atoms with Crippen LogP contribution in [0.5, 0.6) is 0 Å². The molecule has 0 saturated carbocycles. The molecule has 0 fully saturated rings. The highest BCUT2D eigenvalue weighted by molar-refractivity contribution is 6.23. The quantitative estimate of drug-likeness (QED) is 0.491. The van der Waals surface area contributed by atoms with Crippen LogP contribution in [0.2, 0.25) is 0 Å². The standard InChI is InChI=1S/C8H9NO3/c1-5-3-9(2)4-6(7(5)10)8(11)12/h3-4H,1-2H3,(H,11,12)/p+1. The van der Waals surface area contributed by atoms with E-state index in [-0.39, 0.29) is 5.57 Å². The summed E-state index contributed by atoms with van der Waals surface area (Å²) in [5.41, 5.74) is 0.333. The minimum Gasteiger partial charge on any atom is -0.477 e. The molecule has 0 aromatic carbocycles. The van der Waals surface area contributed by atoms with Crippen LogP contribution < -0.4 is 4.90 Å². The molecule has 64 valence electrons. The van der Waals surface area contributed by atoms with Gasteiger partial charge in [0.15, 0.2) is 5.57 Å². The summed E-state index contributed by atoms with van der Waals surface area (Å²) in [5.74, 6) is -1.56. The zero-order valence-corrected chi connectivity index (χ0v) is 6.92. The first kappa shape index (κ1) is 8.67. The summed E-state index contributed by atoms with van der Waals surface area (Å²) in [4.78, 5) is 22.5. The van der Waals surface area contributed by atoms with Crippen molar-refractivity contribution in [3.8, 4) is 0 Å². The van der Waals surface area contributed by atoms with E-state index in [1.165, 1.54) is 6.20 Å². The average molecular weight is 168 g/mol. The van der Waals surface area contributed by atoms with Gasteiger partial charge in [-0.15, -0.1) is 0 Å². The van der Waals surface area contributed by atoms with Gasteiger partial charge in [0.2, 0.25) is 5.78 Å². The van der Waals surface area contributed by atoms with E-state index in [1.54, 1.807) is 20.2 Å². The number of ketones is 1. The second-order valence-corrected chi connectivity index (χ2v) is 2.76. The van der Waals surface area contributed by atoms with Crippen LogP contribution in [0.3, 0.4) is 0 Å². The Morgan fingerprint density at radius 3 is 2.58 bits per heavy atom. The third kappa shape index (κ3) is 1.43. The van der Waals surface area contributed by atoms with Gasteiger partial charge in [-0.05, 0) is 6.92 Å². The summed E-state index contributed by atoms with van der Waals surface area (Å²) in [7, 11) is 1.76. The van der Waals surface area contributed by atoms with Crippen LogP contribution in [0.25, 0.3) is 0 Å². The summed E-state index contributed by atoms with van der Waals surface area (Å²) in [6, 6.07) is 0. The van der Waals surface area contributed by atoms with Crippen molar-refractivity contribution in [1.82, 2.24) is 0 Å². The maximum Gasteiger partial charge on any atom is 0.345 e. The van der Waals surface area contributed by atoms with Gasteiger partial charge in [0, 0.05) is 0 Å². The molecule has 0 spiro atoms. The predicted molar refractivity (Wildman–Crippen MR) is 41.4 cm³/mol. The van der Waals surface area contributed by atoms with Gasteiger partial charge >= 0.3 is 5.97 Å². The van der Waals surface area contributed by atoms with Gasteiger partial charge in [0.05, 0.1) is 12.6 Å². The molecule has 0 saturated heterocycles. The van der Waals surface area contributed by atoms with E-state index in [0.717, 1.165) is 4.90 Å². The molecule has 12 heavy (non-hydrogen) atoms. The van der Waals surface area contributed by atoms with E-state index >= 15 is 0 Å². The molecule has 0 aliphatic carbocycles. The molecule has 0 radical (unpaired) electrons. The average Bonchev–Trinajstić information content (AvgIpc) is 1.96. The molecular weight excluding hydrogens is 158 g/mol. The first-order valence-electron chi connectivity index (χ1n) is 3.54. The molecular formula is C8H10NO3+. The van der Waals surface area contributed by atoms with Crippen molar-refractivity contribution >= 4 is 11.8 Å². The van der Waals surface area contributed by atoms with E-state index < -0.39 is 11.8 Å². The van der Waals surface area contributed by atoms with E-state index in [1.807, 2.05) is 0 Å². The number of hydrogen-bond donors (Lipinski definition) is 2. The van der Waals surface area contributed by atoms with Gasteiger partial charge in [0.1, 0.15) is 12.4 Å². The van der Waals surface area contributed by atoms with Crippen molar-refractivity contribution in [2.75, 3.05) is 7.05 Å². The number of quaternary nitrogens is 1. The van der Waals surface area contributed by atoms with Crippen LogP contribution in [0, 0.1) is 0 Å². The fourth-order valence-corrected chi connectivity index (χ4v) is 1.11. The fourth-order valence-electron chi connectivity index (χ4n) is 1.11. The zero-order valence-electron chi connectivity index (χ0n) is 6.92. The molecule has 1 atom stereocenters. The van der Waals surface area contributed by atoms with Gasteiger partial charge in [-0.1, -0.05) is 0 Å². The lowest BCUT2D eigenvalue weighted by atomic mass is 10.0. The van der Waals surface area contributed by atoms with Crippen molar-refractivity contribution in [2.24, 2.45) is 0 Å². The summed E-state index contributed by atoms with van der Waals surface area (Å²) in [5, 5.41) is 8.61. The van der Waals surface area contributed by atoms with Gasteiger partial charge in [-0.2, -0.15) is 0 Å².